The Labute approximate surface area is 315 Å². The number of furan rings is 1. The molecule has 254 valence electrons. The minimum Gasteiger partial charge on any atom is -0.455 e. The molecule has 54 heavy (non-hydrogen) atoms. The molecule has 1 aliphatic heterocycles. The second kappa shape index (κ2) is 12.4. The average Bonchev–Trinajstić information content (AvgIpc) is 3.81. The Balaban J connectivity index is 1.12. The first-order chi connectivity index (χ1) is 26.7. The van der Waals surface area contributed by atoms with E-state index >= 15 is 0 Å². The van der Waals surface area contributed by atoms with E-state index < -0.39 is 0 Å². The molecule has 0 saturated heterocycles. The molecule has 1 atom stereocenters. The number of nitrogens with one attached hydrogen (secondary N) is 1. The van der Waals surface area contributed by atoms with Crippen molar-refractivity contribution in [2.24, 2.45) is 9.98 Å². The molecular weight excluding hydrogens is 679 g/mol. The van der Waals surface area contributed by atoms with Crippen molar-refractivity contribution in [3.05, 3.63) is 193 Å². The number of rotatable bonds is 5. The molecule has 0 aliphatic carbocycles. The van der Waals surface area contributed by atoms with Crippen LogP contribution in [0.1, 0.15) is 22.9 Å². The highest BCUT2D eigenvalue weighted by Gasteiger charge is 2.26. The standard InChI is InChI=1S/C49H31N3OS/c1-3-12-30(13-4-1)32-18-11-19-36(26-32)48-50-47(31-14-5-2-6-15-31)51-49(52-48)40-25-24-37(35-22-23-39-38-20-9-10-21-43(38)54-44(39)29-35)46-45(40)41-27-33-16-7-8-17-34(33)28-42(41)53-46/h1-29,48H,(H,50,51,52). The van der Waals surface area contributed by atoms with Crippen molar-refractivity contribution >= 4 is 75.9 Å². The molecule has 0 spiro atoms. The molecule has 0 radical (unpaired) electrons. The van der Waals surface area contributed by atoms with Gasteiger partial charge in [0.25, 0.3) is 0 Å². The van der Waals surface area contributed by atoms with Gasteiger partial charge >= 0.3 is 0 Å². The van der Waals surface area contributed by atoms with Crippen molar-refractivity contribution in [2.45, 2.75) is 6.17 Å². The molecule has 8 aromatic carbocycles. The maximum Gasteiger partial charge on any atom is 0.159 e. The Morgan fingerprint density at radius 3 is 2.06 bits per heavy atom. The van der Waals surface area contributed by atoms with E-state index in [1.807, 2.05) is 35.6 Å². The quantitative estimate of drug-likeness (QED) is 0.193. The predicted molar refractivity (Wildman–Crippen MR) is 227 cm³/mol. The predicted octanol–water partition coefficient (Wildman–Crippen LogP) is 12.9. The molecule has 0 bridgehead atoms. The third kappa shape index (κ3) is 5.12. The fourth-order valence-electron chi connectivity index (χ4n) is 7.88. The number of benzene rings is 8. The van der Waals surface area contributed by atoms with Gasteiger partial charge in [-0.25, -0.2) is 9.98 Å². The first-order valence-corrected chi connectivity index (χ1v) is 19.0. The largest absolute Gasteiger partial charge is 0.455 e. The lowest BCUT2D eigenvalue weighted by molar-refractivity contribution is 0.669. The summed E-state index contributed by atoms with van der Waals surface area (Å²) >= 11 is 1.83. The second-order valence-corrected chi connectivity index (χ2v) is 14.9. The van der Waals surface area contributed by atoms with E-state index in [1.165, 1.54) is 25.7 Å². The van der Waals surface area contributed by atoms with Gasteiger partial charge in [0.2, 0.25) is 0 Å². The molecular formula is C49H31N3OS. The zero-order valence-electron chi connectivity index (χ0n) is 29.0. The van der Waals surface area contributed by atoms with Crippen LogP contribution in [-0.2, 0) is 0 Å². The highest BCUT2D eigenvalue weighted by molar-refractivity contribution is 7.25. The smallest absolute Gasteiger partial charge is 0.159 e. The number of aliphatic imine (C=N–C) groups is 2. The summed E-state index contributed by atoms with van der Waals surface area (Å²) in [5, 5.41) is 10.7. The van der Waals surface area contributed by atoms with Crippen LogP contribution in [-0.4, -0.2) is 11.7 Å². The van der Waals surface area contributed by atoms with Crippen LogP contribution in [0.25, 0.3) is 75.1 Å². The van der Waals surface area contributed by atoms with Gasteiger partial charge in [0.1, 0.15) is 23.2 Å². The van der Waals surface area contributed by atoms with Crippen molar-refractivity contribution in [3.8, 4) is 22.3 Å². The van der Waals surface area contributed by atoms with Crippen molar-refractivity contribution in [1.82, 2.24) is 5.32 Å². The molecule has 0 fully saturated rings. The Bertz CT molecular complexity index is 3140. The molecule has 3 heterocycles. The Morgan fingerprint density at radius 2 is 1.20 bits per heavy atom. The molecule has 1 aliphatic rings. The third-order valence-corrected chi connectivity index (χ3v) is 11.6. The molecule has 10 aromatic rings. The van der Waals surface area contributed by atoms with Gasteiger partial charge in [0, 0.05) is 47.6 Å². The van der Waals surface area contributed by atoms with Gasteiger partial charge in [-0.05, 0) is 75.5 Å². The lowest BCUT2D eigenvalue weighted by Crippen LogP contribution is -2.33. The summed E-state index contributed by atoms with van der Waals surface area (Å²) < 4.78 is 9.48. The van der Waals surface area contributed by atoms with E-state index in [-0.39, 0.29) is 6.17 Å². The van der Waals surface area contributed by atoms with Crippen LogP contribution in [0.15, 0.2) is 190 Å². The lowest BCUT2D eigenvalue weighted by Gasteiger charge is -2.24. The lowest BCUT2D eigenvalue weighted by atomic mass is 9.96. The fraction of sp³-hybridized carbons (Fsp3) is 0.0204. The van der Waals surface area contributed by atoms with Crippen LogP contribution in [0.4, 0.5) is 0 Å². The zero-order chi connectivity index (χ0) is 35.6. The molecule has 4 nitrogen and oxygen atoms in total. The normalized spacial score (nSPS) is 14.5. The number of hydrogen-bond acceptors (Lipinski definition) is 5. The maximum atomic E-state index is 6.93. The molecule has 11 rings (SSSR count). The fourth-order valence-corrected chi connectivity index (χ4v) is 9.02. The minimum atomic E-state index is -0.361. The molecule has 1 unspecified atom stereocenters. The number of nitrogens with zero attached hydrogens (tertiary/aromatic N) is 2. The van der Waals surface area contributed by atoms with Crippen LogP contribution in [0, 0.1) is 0 Å². The summed E-state index contributed by atoms with van der Waals surface area (Å²) in [5.41, 5.74) is 9.17. The molecule has 1 N–H and O–H groups in total. The minimum absolute atomic E-state index is 0.361. The van der Waals surface area contributed by atoms with Crippen molar-refractivity contribution in [3.63, 3.8) is 0 Å². The van der Waals surface area contributed by atoms with E-state index in [4.69, 9.17) is 14.4 Å². The van der Waals surface area contributed by atoms with Gasteiger partial charge in [-0.3, -0.25) is 0 Å². The van der Waals surface area contributed by atoms with Crippen molar-refractivity contribution < 1.29 is 4.42 Å². The van der Waals surface area contributed by atoms with Crippen molar-refractivity contribution in [2.75, 3.05) is 0 Å². The Kier molecular flexibility index (Phi) is 7.07. The summed E-state index contributed by atoms with van der Waals surface area (Å²) in [5.74, 6) is 1.44. The van der Waals surface area contributed by atoms with Crippen LogP contribution in [0.5, 0.6) is 0 Å². The summed E-state index contributed by atoms with van der Waals surface area (Å²) in [4.78, 5) is 10.5. The highest BCUT2D eigenvalue weighted by atomic mass is 32.1. The van der Waals surface area contributed by atoms with Crippen LogP contribution in [0.2, 0.25) is 0 Å². The van der Waals surface area contributed by atoms with E-state index in [0.717, 1.165) is 71.9 Å². The number of fused-ring (bicyclic) bond motifs is 7. The summed E-state index contributed by atoms with van der Waals surface area (Å²) in [6.07, 6.45) is -0.361. The number of amidine groups is 2. The topological polar surface area (TPSA) is 49.9 Å². The van der Waals surface area contributed by atoms with Crippen LogP contribution >= 0.6 is 11.3 Å². The Morgan fingerprint density at radius 1 is 0.500 bits per heavy atom. The highest BCUT2D eigenvalue weighted by Crippen LogP contribution is 2.42. The molecule has 0 saturated carbocycles. The van der Waals surface area contributed by atoms with Gasteiger partial charge in [-0.1, -0.05) is 133 Å². The van der Waals surface area contributed by atoms with E-state index in [9.17, 15) is 0 Å². The molecule has 2 aromatic heterocycles. The van der Waals surface area contributed by atoms with Gasteiger partial charge in [-0.15, -0.1) is 11.3 Å². The molecule has 5 heteroatoms. The summed E-state index contributed by atoms with van der Waals surface area (Å²) in [7, 11) is 0. The van der Waals surface area contributed by atoms with Gasteiger partial charge in [-0.2, -0.15) is 0 Å². The zero-order valence-corrected chi connectivity index (χ0v) is 29.8. The van der Waals surface area contributed by atoms with Gasteiger partial charge < -0.3 is 9.73 Å². The number of thiophene rings is 1. The second-order valence-electron chi connectivity index (χ2n) is 13.8. The van der Waals surface area contributed by atoms with Gasteiger partial charge in [0.15, 0.2) is 5.84 Å². The number of hydrogen-bond donors (Lipinski definition) is 1. The maximum absolute atomic E-state index is 6.93. The Hall–Kier alpha value is -6.82. The van der Waals surface area contributed by atoms with E-state index in [1.54, 1.807) is 0 Å². The third-order valence-electron chi connectivity index (χ3n) is 10.5. The first kappa shape index (κ1) is 30.8. The first-order valence-electron chi connectivity index (χ1n) is 18.2. The van der Waals surface area contributed by atoms with E-state index in [2.05, 4.69) is 157 Å². The SMILES string of the molecule is c1ccc(C2=NC(c3cccc(-c4ccccc4)c3)NC(c3ccc(-c4ccc5c(c4)sc4ccccc45)c4oc5cc6ccccc6cc5c34)=N2)cc1. The summed E-state index contributed by atoms with van der Waals surface area (Å²) in [6, 6.07) is 62.1. The van der Waals surface area contributed by atoms with Gasteiger partial charge in [0.05, 0.1) is 0 Å². The van der Waals surface area contributed by atoms with Crippen molar-refractivity contribution in [1.29, 1.82) is 0 Å². The summed E-state index contributed by atoms with van der Waals surface area (Å²) in [6.45, 7) is 0. The average molecular weight is 710 g/mol. The van der Waals surface area contributed by atoms with Crippen LogP contribution < -0.4 is 5.32 Å². The van der Waals surface area contributed by atoms with E-state index in [0.29, 0.717) is 5.84 Å². The monoisotopic (exact) mass is 709 g/mol. The molecule has 0 amide bonds. The van der Waals surface area contributed by atoms with Crippen LogP contribution in [0.3, 0.4) is 0 Å².